The number of urea groups is 1. The van der Waals surface area contributed by atoms with Crippen molar-refractivity contribution < 1.29 is 9.53 Å². The van der Waals surface area contributed by atoms with Crippen LogP contribution in [0.2, 0.25) is 0 Å². The number of hydrogen-bond acceptors (Lipinski definition) is 3. The largest absolute Gasteiger partial charge is 0.378 e. The van der Waals surface area contributed by atoms with Gasteiger partial charge >= 0.3 is 6.03 Å². The third-order valence-electron chi connectivity index (χ3n) is 5.62. The maximum atomic E-state index is 12.4. The first-order chi connectivity index (χ1) is 12.3. The molecule has 0 spiro atoms. The van der Waals surface area contributed by atoms with Gasteiger partial charge in [0.05, 0.1) is 6.10 Å². The van der Waals surface area contributed by atoms with Crippen molar-refractivity contribution in [3.8, 4) is 0 Å². The predicted molar refractivity (Wildman–Crippen MR) is 100 cm³/mol. The summed E-state index contributed by atoms with van der Waals surface area (Å²) in [5.41, 5.74) is 2.07. The van der Waals surface area contributed by atoms with Crippen LogP contribution in [0.5, 0.6) is 0 Å². The van der Waals surface area contributed by atoms with Gasteiger partial charge < -0.3 is 20.3 Å². The normalized spacial score (nSPS) is 27.0. The van der Waals surface area contributed by atoms with Crippen LogP contribution in [0.3, 0.4) is 0 Å². The standard InChI is InChI=1S/C20H29N3O2/c24-20(22-17-9-12-25-19(14-17)15-7-8-15)21-16-5-4-6-18(13-16)23-10-2-1-3-11-23/h4-6,13,15,17,19H,1-3,7-12,14H2,(H2,21,22,24)/t17-,19-/m1/s1. The monoisotopic (exact) mass is 343 g/mol. The predicted octanol–water partition coefficient (Wildman–Crippen LogP) is 3.76. The molecule has 2 N–H and O–H groups in total. The zero-order valence-electron chi connectivity index (χ0n) is 14.9. The van der Waals surface area contributed by atoms with E-state index in [9.17, 15) is 4.79 Å². The Kier molecular flexibility index (Phi) is 5.11. The van der Waals surface area contributed by atoms with Gasteiger partial charge in [0.1, 0.15) is 0 Å². The number of hydrogen-bond donors (Lipinski definition) is 2. The van der Waals surface area contributed by atoms with Gasteiger partial charge in [0, 0.05) is 37.1 Å². The summed E-state index contributed by atoms with van der Waals surface area (Å²) in [5, 5.41) is 6.15. The minimum Gasteiger partial charge on any atom is -0.378 e. The van der Waals surface area contributed by atoms with E-state index in [1.165, 1.54) is 37.8 Å². The highest BCUT2D eigenvalue weighted by molar-refractivity contribution is 5.90. The van der Waals surface area contributed by atoms with Crippen molar-refractivity contribution in [1.82, 2.24) is 5.32 Å². The Labute approximate surface area is 150 Å². The minimum absolute atomic E-state index is 0.0998. The van der Waals surface area contributed by atoms with E-state index >= 15 is 0 Å². The lowest BCUT2D eigenvalue weighted by Crippen LogP contribution is -2.44. The van der Waals surface area contributed by atoms with Gasteiger partial charge in [0.25, 0.3) is 0 Å². The number of anilines is 2. The first-order valence-electron chi connectivity index (χ1n) is 9.82. The van der Waals surface area contributed by atoms with E-state index < -0.39 is 0 Å². The molecule has 1 aromatic rings. The van der Waals surface area contributed by atoms with Crippen LogP contribution in [-0.2, 0) is 4.74 Å². The second kappa shape index (κ2) is 7.65. The van der Waals surface area contributed by atoms with E-state index in [1.54, 1.807) is 0 Å². The molecular weight excluding hydrogens is 314 g/mol. The van der Waals surface area contributed by atoms with Crippen molar-refractivity contribution in [2.75, 3.05) is 29.9 Å². The van der Waals surface area contributed by atoms with E-state index in [1.807, 2.05) is 12.1 Å². The number of piperidine rings is 1. The molecule has 1 aromatic carbocycles. The average molecular weight is 343 g/mol. The number of rotatable bonds is 4. The van der Waals surface area contributed by atoms with E-state index in [0.717, 1.165) is 44.1 Å². The number of amides is 2. The molecule has 2 atom stereocenters. The van der Waals surface area contributed by atoms with Crippen molar-refractivity contribution in [2.45, 2.75) is 57.1 Å². The second-order valence-corrected chi connectivity index (χ2v) is 7.66. The number of nitrogens with one attached hydrogen (secondary N) is 2. The van der Waals surface area contributed by atoms with E-state index in [4.69, 9.17) is 4.74 Å². The topological polar surface area (TPSA) is 53.6 Å². The summed E-state index contributed by atoms with van der Waals surface area (Å²) in [7, 11) is 0. The molecule has 3 aliphatic rings. The number of nitrogens with zero attached hydrogens (tertiary/aromatic N) is 1. The van der Waals surface area contributed by atoms with Crippen molar-refractivity contribution >= 4 is 17.4 Å². The Bertz CT molecular complexity index is 596. The maximum Gasteiger partial charge on any atom is 0.319 e. The highest BCUT2D eigenvalue weighted by Gasteiger charge is 2.36. The molecule has 2 heterocycles. The number of ether oxygens (including phenoxy) is 1. The lowest BCUT2D eigenvalue weighted by atomic mass is 10.0. The van der Waals surface area contributed by atoms with Gasteiger partial charge in [0.2, 0.25) is 0 Å². The van der Waals surface area contributed by atoms with Gasteiger partial charge in [-0.25, -0.2) is 4.79 Å². The third kappa shape index (κ3) is 4.46. The number of benzene rings is 1. The van der Waals surface area contributed by atoms with E-state index in [2.05, 4.69) is 27.7 Å². The van der Waals surface area contributed by atoms with Crippen LogP contribution in [-0.4, -0.2) is 37.9 Å². The number of carbonyl (C=O) groups excluding carboxylic acids is 1. The molecule has 136 valence electrons. The molecule has 5 nitrogen and oxygen atoms in total. The Hall–Kier alpha value is -1.75. The van der Waals surface area contributed by atoms with Crippen LogP contribution < -0.4 is 15.5 Å². The summed E-state index contributed by atoms with van der Waals surface area (Å²) < 4.78 is 5.84. The molecule has 2 saturated heterocycles. The quantitative estimate of drug-likeness (QED) is 0.875. The molecule has 0 unspecified atom stereocenters. The summed E-state index contributed by atoms with van der Waals surface area (Å²) in [6.45, 7) is 2.98. The Morgan fingerprint density at radius 1 is 1.12 bits per heavy atom. The smallest absolute Gasteiger partial charge is 0.319 e. The van der Waals surface area contributed by atoms with Gasteiger partial charge in [-0.3, -0.25) is 0 Å². The maximum absolute atomic E-state index is 12.4. The molecule has 5 heteroatoms. The molecule has 0 aromatic heterocycles. The second-order valence-electron chi connectivity index (χ2n) is 7.66. The van der Waals surface area contributed by atoms with Crippen molar-refractivity contribution in [3.05, 3.63) is 24.3 Å². The Morgan fingerprint density at radius 3 is 2.76 bits per heavy atom. The highest BCUT2D eigenvalue weighted by atomic mass is 16.5. The van der Waals surface area contributed by atoms with Gasteiger partial charge in [-0.05, 0) is 69.1 Å². The molecule has 0 bridgehead atoms. The fourth-order valence-electron chi connectivity index (χ4n) is 4.04. The molecular formula is C20H29N3O2. The van der Waals surface area contributed by atoms with E-state index in [-0.39, 0.29) is 12.1 Å². The van der Waals surface area contributed by atoms with E-state index in [0.29, 0.717) is 6.10 Å². The van der Waals surface area contributed by atoms with Crippen molar-refractivity contribution in [1.29, 1.82) is 0 Å². The molecule has 0 radical (unpaired) electrons. The lowest BCUT2D eigenvalue weighted by Gasteiger charge is -2.30. The summed E-state index contributed by atoms with van der Waals surface area (Å²) in [6.07, 6.45) is 8.61. The molecule has 2 amide bonds. The van der Waals surface area contributed by atoms with Crippen LogP contribution in [0, 0.1) is 5.92 Å². The fraction of sp³-hybridized carbons (Fsp3) is 0.650. The SMILES string of the molecule is O=C(Nc1cccc(N2CCCCC2)c1)N[C@@H]1CCO[C@@H](C2CC2)C1. The van der Waals surface area contributed by atoms with Crippen LogP contribution >= 0.6 is 0 Å². The first-order valence-corrected chi connectivity index (χ1v) is 9.82. The Balaban J connectivity index is 1.31. The summed E-state index contributed by atoms with van der Waals surface area (Å²) in [4.78, 5) is 14.8. The minimum atomic E-state index is -0.0998. The fourth-order valence-corrected chi connectivity index (χ4v) is 4.04. The van der Waals surface area contributed by atoms with Crippen molar-refractivity contribution in [2.24, 2.45) is 5.92 Å². The zero-order chi connectivity index (χ0) is 17.1. The van der Waals surface area contributed by atoms with Crippen molar-refractivity contribution in [3.63, 3.8) is 0 Å². The molecule has 3 fully saturated rings. The Morgan fingerprint density at radius 2 is 1.96 bits per heavy atom. The van der Waals surface area contributed by atoms with Gasteiger partial charge in [0.15, 0.2) is 0 Å². The lowest BCUT2D eigenvalue weighted by molar-refractivity contribution is -0.00889. The zero-order valence-corrected chi connectivity index (χ0v) is 14.9. The van der Waals surface area contributed by atoms with Gasteiger partial charge in [-0.1, -0.05) is 6.07 Å². The summed E-state index contributed by atoms with van der Waals surface area (Å²) in [5.74, 6) is 0.730. The van der Waals surface area contributed by atoms with Gasteiger partial charge in [-0.15, -0.1) is 0 Å². The highest BCUT2D eigenvalue weighted by Crippen LogP contribution is 2.38. The number of carbonyl (C=O) groups is 1. The molecule has 1 aliphatic carbocycles. The van der Waals surface area contributed by atoms with Crippen LogP contribution in [0.15, 0.2) is 24.3 Å². The molecule has 2 aliphatic heterocycles. The molecule has 1 saturated carbocycles. The van der Waals surface area contributed by atoms with Gasteiger partial charge in [-0.2, -0.15) is 0 Å². The summed E-state index contributed by atoms with van der Waals surface area (Å²) >= 11 is 0. The molecule has 25 heavy (non-hydrogen) atoms. The third-order valence-corrected chi connectivity index (χ3v) is 5.62. The summed E-state index contributed by atoms with van der Waals surface area (Å²) in [6, 6.07) is 8.33. The average Bonchev–Trinajstić information content (AvgIpc) is 3.48. The van der Waals surface area contributed by atoms with Crippen LogP contribution in [0.25, 0.3) is 0 Å². The van der Waals surface area contributed by atoms with Crippen LogP contribution in [0.4, 0.5) is 16.2 Å². The van der Waals surface area contributed by atoms with Crippen LogP contribution in [0.1, 0.15) is 44.9 Å². The molecule has 4 rings (SSSR count). The first kappa shape index (κ1) is 16.7.